The van der Waals surface area contributed by atoms with Crippen molar-refractivity contribution in [2.24, 2.45) is 17.6 Å². The fourth-order valence-electron chi connectivity index (χ4n) is 4.35. The van der Waals surface area contributed by atoms with Crippen LogP contribution in [0.1, 0.15) is 66.9 Å². The largest absolute Gasteiger partial charge is 0.480 e. The smallest absolute Gasteiger partial charge is 0.328 e. The van der Waals surface area contributed by atoms with Gasteiger partial charge in [-0.15, -0.1) is 0 Å². The maximum Gasteiger partial charge on any atom is 0.328 e. The zero-order chi connectivity index (χ0) is 34.4. The van der Waals surface area contributed by atoms with Crippen molar-refractivity contribution in [3.05, 3.63) is 35.9 Å². The van der Waals surface area contributed by atoms with Crippen molar-refractivity contribution in [2.75, 3.05) is 0 Å². The zero-order valence-corrected chi connectivity index (χ0v) is 27.1. The fraction of sp³-hybridized carbons (Fsp3) is 0.613. The molecule has 45 heavy (non-hydrogen) atoms. The van der Waals surface area contributed by atoms with Crippen molar-refractivity contribution in [2.45, 2.75) is 110 Å². The molecule has 0 spiro atoms. The van der Waals surface area contributed by atoms with Gasteiger partial charge in [0.15, 0.2) is 6.04 Å². The van der Waals surface area contributed by atoms with Gasteiger partial charge >= 0.3 is 5.97 Å². The number of rotatable bonds is 18. The summed E-state index contributed by atoms with van der Waals surface area (Å²) in [5.41, 5.74) is 6.65. The highest BCUT2D eigenvalue weighted by Gasteiger charge is 2.34. The van der Waals surface area contributed by atoms with E-state index in [2.05, 4.69) is 26.6 Å². The first-order chi connectivity index (χ1) is 21.0. The lowest BCUT2D eigenvalue weighted by atomic mass is 9.97. The first kappa shape index (κ1) is 39.0. The van der Waals surface area contributed by atoms with Gasteiger partial charge in [-0.1, -0.05) is 64.4 Å². The number of hydrogen-bond acceptors (Lipinski definition) is 8. The number of nitrogens with two attached hydrogens (primary N) is 1. The van der Waals surface area contributed by atoms with E-state index in [1.54, 1.807) is 44.2 Å². The maximum atomic E-state index is 13.4. The van der Waals surface area contributed by atoms with E-state index in [0.717, 1.165) is 5.56 Å². The number of carbonyl (C=O) groups is 6. The van der Waals surface area contributed by atoms with Crippen LogP contribution in [0.15, 0.2) is 30.3 Å². The third-order valence-corrected chi connectivity index (χ3v) is 7.32. The molecule has 0 radical (unpaired) electrons. The molecular formula is C31H50N6O8. The van der Waals surface area contributed by atoms with Crippen LogP contribution in [0.4, 0.5) is 0 Å². The highest BCUT2D eigenvalue weighted by atomic mass is 16.4. The zero-order valence-electron chi connectivity index (χ0n) is 27.1. The normalized spacial score (nSPS) is 16.5. The standard InChI is InChI=1S/C31H50N6O8/c1-8-17(4)24(30(43)37-25(20(7)38)31(44)45)36-27(40)19(6)34-29(42)23(15-21-12-10-9-11-13-21)35-26(39)18(5)33-28(41)22(32)14-16(2)3/h9-13,16-20,22-25,38H,8,14-15,32H2,1-7H3,(H,33,41)(H,34,42)(H,35,39)(H,36,40)(H,37,43)(H,44,45)/t17-,18-,19-,20+,22-,23-,24-,25-/m0/s1. The molecule has 0 heterocycles. The average Bonchev–Trinajstić information content (AvgIpc) is 2.97. The molecule has 1 aromatic carbocycles. The average molecular weight is 635 g/mol. The Kier molecular flexibility index (Phi) is 16.2. The summed E-state index contributed by atoms with van der Waals surface area (Å²) in [5, 5.41) is 31.7. The second-order valence-electron chi connectivity index (χ2n) is 11.9. The Hall–Kier alpha value is -4.04. The van der Waals surface area contributed by atoms with Gasteiger partial charge in [0, 0.05) is 6.42 Å². The SMILES string of the molecule is CC[C@H](C)[C@H](NC(=O)[C@H](C)NC(=O)[C@H](Cc1ccccc1)NC(=O)[C@H](C)NC(=O)[C@@H](N)CC(C)C)C(=O)N[C@H](C(=O)O)[C@@H](C)O. The van der Waals surface area contributed by atoms with E-state index in [-0.39, 0.29) is 12.3 Å². The monoisotopic (exact) mass is 634 g/mol. The number of carbonyl (C=O) groups excluding carboxylic acids is 5. The molecule has 1 aromatic rings. The van der Waals surface area contributed by atoms with E-state index in [1.807, 2.05) is 13.8 Å². The molecule has 252 valence electrons. The number of aliphatic carboxylic acids is 1. The number of aliphatic hydroxyl groups is 1. The van der Waals surface area contributed by atoms with E-state index in [1.165, 1.54) is 20.8 Å². The maximum absolute atomic E-state index is 13.4. The van der Waals surface area contributed by atoms with Crippen molar-refractivity contribution in [3.8, 4) is 0 Å². The molecular weight excluding hydrogens is 584 g/mol. The van der Waals surface area contributed by atoms with E-state index >= 15 is 0 Å². The summed E-state index contributed by atoms with van der Waals surface area (Å²) >= 11 is 0. The molecule has 8 atom stereocenters. The van der Waals surface area contributed by atoms with Crippen LogP contribution in [0.3, 0.4) is 0 Å². The predicted molar refractivity (Wildman–Crippen MR) is 167 cm³/mol. The van der Waals surface area contributed by atoms with Crippen molar-refractivity contribution < 1.29 is 39.0 Å². The number of hydrogen-bond donors (Lipinski definition) is 8. The summed E-state index contributed by atoms with van der Waals surface area (Å²) in [6.07, 6.45) is -0.427. The lowest BCUT2D eigenvalue weighted by Gasteiger charge is -2.28. The number of nitrogens with one attached hydrogen (secondary N) is 5. The van der Waals surface area contributed by atoms with E-state index in [4.69, 9.17) is 5.73 Å². The van der Waals surface area contributed by atoms with Gasteiger partial charge < -0.3 is 42.5 Å². The molecule has 0 aliphatic carbocycles. The summed E-state index contributed by atoms with van der Waals surface area (Å²) in [5.74, 6) is -5.03. The minimum absolute atomic E-state index is 0.0775. The van der Waals surface area contributed by atoms with Gasteiger partial charge in [-0.2, -0.15) is 0 Å². The van der Waals surface area contributed by atoms with Gasteiger partial charge in [0.05, 0.1) is 12.1 Å². The number of amides is 5. The topological polar surface area (TPSA) is 229 Å². The Bertz CT molecular complexity index is 1160. The highest BCUT2D eigenvalue weighted by Crippen LogP contribution is 2.10. The highest BCUT2D eigenvalue weighted by molar-refractivity contribution is 5.96. The lowest BCUT2D eigenvalue weighted by molar-refractivity contribution is -0.145. The summed E-state index contributed by atoms with van der Waals surface area (Å²) < 4.78 is 0. The summed E-state index contributed by atoms with van der Waals surface area (Å²) in [7, 11) is 0. The van der Waals surface area contributed by atoms with Crippen LogP contribution in [-0.2, 0) is 35.2 Å². The van der Waals surface area contributed by atoms with Gasteiger partial charge in [0.25, 0.3) is 0 Å². The van der Waals surface area contributed by atoms with E-state index in [9.17, 15) is 39.0 Å². The summed E-state index contributed by atoms with van der Waals surface area (Å²) in [4.78, 5) is 76.4. The van der Waals surface area contributed by atoms with Gasteiger partial charge in [0.1, 0.15) is 24.2 Å². The first-order valence-corrected chi connectivity index (χ1v) is 15.2. The van der Waals surface area contributed by atoms with Crippen molar-refractivity contribution in [3.63, 3.8) is 0 Å². The molecule has 0 aliphatic heterocycles. The van der Waals surface area contributed by atoms with Crippen LogP contribution in [0.5, 0.6) is 0 Å². The van der Waals surface area contributed by atoms with Gasteiger partial charge in [-0.05, 0) is 44.6 Å². The van der Waals surface area contributed by atoms with E-state index in [0.29, 0.717) is 12.8 Å². The van der Waals surface area contributed by atoms with Crippen LogP contribution in [-0.4, -0.2) is 88.1 Å². The van der Waals surface area contributed by atoms with Crippen LogP contribution < -0.4 is 32.3 Å². The first-order valence-electron chi connectivity index (χ1n) is 15.2. The molecule has 0 aliphatic rings. The number of aliphatic hydroxyl groups excluding tert-OH is 1. The van der Waals surface area contributed by atoms with Gasteiger partial charge in [0.2, 0.25) is 29.5 Å². The Morgan fingerprint density at radius 3 is 1.71 bits per heavy atom. The Morgan fingerprint density at radius 1 is 0.711 bits per heavy atom. The minimum atomic E-state index is -1.58. The van der Waals surface area contributed by atoms with Crippen LogP contribution in [0.25, 0.3) is 0 Å². The summed E-state index contributed by atoms with van der Waals surface area (Å²) in [6, 6.07) is 2.04. The number of carboxylic acids is 1. The molecule has 0 saturated heterocycles. The Labute approximate surface area is 264 Å². The Morgan fingerprint density at radius 2 is 1.22 bits per heavy atom. The van der Waals surface area contributed by atoms with Gasteiger partial charge in [-0.3, -0.25) is 24.0 Å². The predicted octanol–water partition coefficient (Wildman–Crippen LogP) is -0.422. The summed E-state index contributed by atoms with van der Waals surface area (Å²) in [6.45, 7) is 11.4. The fourth-order valence-corrected chi connectivity index (χ4v) is 4.35. The molecule has 0 saturated carbocycles. The number of carboxylic acid groups (broad SMARTS) is 1. The minimum Gasteiger partial charge on any atom is -0.480 e. The molecule has 0 unspecified atom stereocenters. The molecule has 0 aromatic heterocycles. The van der Waals surface area contributed by atoms with E-state index < -0.39 is 83.8 Å². The van der Waals surface area contributed by atoms with Crippen LogP contribution in [0, 0.1) is 11.8 Å². The molecule has 0 bridgehead atoms. The second kappa shape index (κ2) is 18.7. The molecule has 0 fully saturated rings. The van der Waals surface area contributed by atoms with Gasteiger partial charge in [-0.25, -0.2) is 4.79 Å². The molecule has 9 N–H and O–H groups in total. The third-order valence-electron chi connectivity index (χ3n) is 7.32. The molecule has 14 nitrogen and oxygen atoms in total. The Balaban J connectivity index is 3.05. The quantitative estimate of drug-likeness (QED) is 0.105. The van der Waals surface area contributed by atoms with Crippen molar-refractivity contribution in [1.29, 1.82) is 0 Å². The van der Waals surface area contributed by atoms with Crippen LogP contribution in [0.2, 0.25) is 0 Å². The number of benzene rings is 1. The lowest BCUT2D eigenvalue weighted by Crippen LogP contribution is -2.60. The molecule has 14 heteroatoms. The molecule has 1 rings (SSSR count). The second-order valence-corrected chi connectivity index (χ2v) is 11.9. The van der Waals surface area contributed by atoms with Crippen LogP contribution >= 0.6 is 0 Å². The third kappa shape index (κ3) is 13.2. The molecule has 5 amide bonds. The van der Waals surface area contributed by atoms with Crippen molar-refractivity contribution in [1.82, 2.24) is 26.6 Å². The van der Waals surface area contributed by atoms with Crippen molar-refractivity contribution >= 4 is 35.5 Å².